The first kappa shape index (κ1) is 29.8. The molecule has 0 atom stereocenters. The van der Waals surface area contributed by atoms with Crippen molar-refractivity contribution < 1.29 is 9.50 Å². The number of hydrogen-bond donors (Lipinski definition) is 1. The number of anilines is 3. The Morgan fingerprint density at radius 2 is 1.33 bits per heavy atom. The number of phenolic OH excluding ortho intramolecular Hbond substituents is 1. The third-order valence-electron chi connectivity index (χ3n) is 8.13. The number of nitrogens with zero attached hydrogens (tertiary/aromatic N) is 3. The molecule has 1 N–H and O–H groups in total. The van der Waals surface area contributed by atoms with Gasteiger partial charge < -0.3 is 5.11 Å². The standard InChI is InChI=1S/C40H36FN3O/c1-26-11-8-12-27(2)38(26)29-23-28(33-13-9-14-34(41)39(33)45)24-32(25-29)44(31-20-18-30(19-21-31)40(3,4)5)37-17-10-16-36(43-37)35-15-6-7-22-42-35/h6-25,45H,1-5H3. The molecule has 0 aliphatic carbocycles. The first-order valence-corrected chi connectivity index (χ1v) is 15.1. The molecule has 4 nitrogen and oxygen atoms in total. The minimum absolute atomic E-state index is 0.00906. The average Bonchev–Trinajstić information content (AvgIpc) is 3.03. The summed E-state index contributed by atoms with van der Waals surface area (Å²) in [6, 6.07) is 37.2. The molecular formula is C40H36FN3O. The highest BCUT2D eigenvalue weighted by Gasteiger charge is 2.21. The topological polar surface area (TPSA) is 49.2 Å². The molecule has 0 unspecified atom stereocenters. The Kier molecular flexibility index (Phi) is 7.94. The van der Waals surface area contributed by atoms with Gasteiger partial charge in [-0.3, -0.25) is 9.88 Å². The largest absolute Gasteiger partial charge is 0.504 e. The molecule has 5 heteroatoms. The molecule has 0 bridgehead atoms. The van der Waals surface area contributed by atoms with Gasteiger partial charge in [0.1, 0.15) is 5.82 Å². The summed E-state index contributed by atoms with van der Waals surface area (Å²) in [5.41, 5.74) is 9.88. The zero-order valence-electron chi connectivity index (χ0n) is 26.2. The van der Waals surface area contributed by atoms with Crippen molar-refractivity contribution in [1.82, 2.24) is 9.97 Å². The highest BCUT2D eigenvalue weighted by molar-refractivity contribution is 5.87. The van der Waals surface area contributed by atoms with Gasteiger partial charge in [-0.2, -0.15) is 0 Å². The summed E-state index contributed by atoms with van der Waals surface area (Å²) < 4.78 is 14.7. The van der Waals surface area contributed by atoms with Crippen molar-refractivity contribution in [1.29, 1.82) is 0 Å². The van der Waals surface area contributed by atoms with Crippen LogP contribution in [-0.4, -0.2) is 15.1 Å². The minimum Gasteiger partial charge on any atom is -0.504 e. The van der Waals surface area contributed by atoms with E-state index < -0.39 is 5.82 Å². The number of aryl methyl sites for hydroxylation is 2. The van der Waals surface area contributed by atoms with Crippen LogP contribution in [0.4, 0.5) is 21.6 Å². The predicted molar refractivity (Wildman–Crippen MR) is 183 cm³/mol. The van der Waals surface area contributed by atoms with Crippen LogP contribution in [0.1, 0.15) is 37.5 Å². The molecule has 6 rings (SSSR count). The van der Waals surface area contributed by atoms with E-state index >= 15 is 0 Å². The zero-order chi connectivity index (χ0) is 31.7. The number of aromatic nitrogens is 2. The highest BCUT2D eigenvalue weighted by atomic mass is 19.1. The summed E-state index contributed by atoms with van der Waals surface area (Å²) in [6.45, 7) is 10.8. The number of rotatable bonds is 6. The van der Waals surface area contributed by atoms with E-state index in [1.165, 1.54) is 11.6 Å². The fourth-order valence-electron chi connectivity index (χ4n) is 5.79. The molecule has 4 aromatic carbocycles. The van der Waals surface area contributed by atoms with Gasteiger partial charge in [0.2, 0.25) is 0 Å². The Morgan fingerprint density at radius 1 is 0.667 bits per heavy atom. The lowest BCUT2D eigenvalue weighted by atomic mass is 9.87. The lowest BCUT2D eigenvalue weighted by molar-refractivity contribution is 0.434. The van der Waals surface area contributed by atoms with E-state index in [9.17, 15) is 9.50 Å². The normalized spacial score (nSPS) is 11.4. The zero-order valence-corrected chi connectivity index (χ0v) is 26.2. The highest BCUT2D eigenvalue weighted by Crippen LogP contribution is 2.43. The van der Waals surface area contributed by atoms with Crippen molar-refractivity contribution in [2.75, 3.05) is 4.90 Å². The van der Waals surface area contributed by atoms with Gasteiger partial charge in [0.25, 0.3) is 0 Å². The average molecular weight is 594 g/mol. The molecule has 224 valence electrons. The van der Waals surface area contributed by atoms with Crippen LogP contribution < -0.4 is 4.90 Å². The smallest absolute Gasteiger partial charge is 0.165 e. The van der Waals surface area contributed by atoms with Crippen LogP contribution in [0.3, 0.4) is 0 Å². The third-order valence-corrected chi connectivity index (χ3v) is 8.13. The fraction of sp³-hybridized carbons (Fsp3) is 0.150. The van der Waals surface area contributed by atoms with Crippen molar-refractivity contribution >= 4 is 17.2 Å². The van der Waals surface area contributed by atoms with E-state index in [0.29, 0.717) is 16.9 Å². The summed E-state index contributed by atoms with van der Waals surface area (Å²) in [6.07, 6.45) is 1.76. The molecule has 0 amide bonds. The number of hydrogen-bond acceptors (Lipinski definition) is 4. The van der Waals surface area contributed by atoms with Gasteiger partial charge in [-0.15, -0.1) is 0 Å². The molecule has 45 heavy (non-hydrogen) atoms. The van der Waals surface area contributed by atoms with Crippen LogP contribution in [0.25, 0.3) is 33.6 Å². The third kappa shape index (κ3) is 6.07. The molecule has 0 saturated heterocycles. The maximum absolute atomic E-state index is 14.7. The number of halogens is 1. The van der Waals surface area contributed by atoms with Gasteiger partial charge in [-0.25, -0.2) is 9.37 Å². The molecule has 0 radical (unpaired) electrons. The minimum atomic E-state index is -0.661. The van der Waals surface area contributed by atoms with Gasteiger partial charge in [0.05, 0.1) is 11.4 Å². The summed E-state index contributed by atoms with van der Waals surface area (Å²) in [5, 5.41) is 10.8. The Bertz CT molecular complexity index is 1960. The van der Waals surface area contributed by atoms with E-state index in [-0.39, 0.29) is 11.2 Å². The van der Waals surface area contributed by atoms with Crippen LogP contribution in [0.5, 0.6) is 5.75 Å². The number of para-hydroxylation sites is 1. The van der Waals surface area contributed by atoms with Crippen molar-refractivity contribution in [3.05, 3.63) is 144 Å². The van der Waals surface area contributed by atoms with E-state index in [2.05, 4.69) is 87.0 Å². The van der Waals surface area contributed by atoms with Crippen molar-refractivity contribution in [2.45, 2.75) is 40.0 Å². The predicted octanol–water partition coefficient (Wildman–Crippen LogP) is 10.7. The second-order valence-corrected chi connectivity index (χ2v) is 12.4. The molecule has 0 fully saturated rings. The van der Waals surface area contributed by atoms with Crippen LogP contribution >= 0.6 is 0 Å². The summed E-state index contributed by atoms with van der Waals surface area (Å²) in [4.78, 5) is 11.7. The SMILES string of the molecule is Cc1cccc(C)c1-c1cc(-c2cccc(F)c2O)cc(N(c2ccc(C(C)(C)C)cc2)c2cccc(-c3ccccn3)n2)c1. The van der Waals surface area contributed by atoms with Crippen LogP contribution in [0.15, 0.2) is 121 Å². The molecule has 0 saturated carbocycles. The lowest BCUT2D eigenvalue weighted by Gasteiger charge is -2.27. The molecule has 2 heterocycles. The molecule has 0 aliphatic rings. The van der Waals surface area contributed by atoms with Crippen molar-refractivity contribution in [2.24, 2.45) is 0 Å². The Hall–Kier alpha value is -5.29. The quantitative estimate of drug-likeness (QED) is 0.209. The molecule has 2 aromatic heterocycles. The van der Waals surface area contributed by atoms with Crippen LogP contribution in [0, 0.1) is 19.7 Å². The first-order valence-electron chi connectivity index (χ1n) is 15.1. The summed E-state index contributed by atoms with van der Waals surface area (Å²) >= 11 is 0. The second-order valence-electron chi connectivity index (χ2n) is 12.4. The number of benzene rings is 4. The van der Waals surface area contributed by atoms with E-state index in [1.807, 2.05) is 54.6 Å². The lowest BCUT2D eigenvalue weighted by Crippen LogP contribution is -2.14. The van der Waals surface area contributed by atoms with Crippen LogP contribution in [0.2, 0.25) is 0 Å². The van der Waals surface area contributed by atoms with Gasteiger partial charge in [-0.1, -0.05) is 75.4 Å². The van der Waals surface area contributed by atoms with Crippen molar-refractivity contribution in [3.8, 4) is 39.4 Å². The Labute approximate surface area is 264 Å². The molecule has 0 spiro atoms. The molecule has 6 aromatic rings. The monoisotopic (exact) mass is 593 g/mol. The second kappa shape index (κ2) is 12.0. The van der Waals surface area contributed by atoms with E-state index in [4.69, 9.17) is 4.98 Å². The fourth-order valence-corrected chi connectivity index (χ4v) is 5.79. The number of pyridine rings is 2. The first-order chi connectivity index (χ1) is 21.6. The van der Waals surface area contributed by atoms with Gasteiger partial charge in [0.15, 0.2) is 11.6 Å². The van der Waals surface area contributed by atoms with Gasteiger partial charge >= 0.3 is 0 Å². The number of aromatic hydroxyl groups is 1. The van der Waals surface area contributed by atoms with Gasteiger partial charge in [0, 0.05) is 23.1 Å². The van der Waals surface area contributed by atoms with Crippen molar-refractivity contribution in [3.63, 3.8) is 0 Å². The Balaban J connectivity index is 1.63. The van der Waals surface area contributed by atoms with E-state index in [1.54, 1.807) is 18.3 Å². The molecular weight excluding hydrogens is 557 g/mol. The summed E-state index contributed by atoms with van der Waals surface area (Å²) in [5.74, 6) is -0.334. The molecule has 0 aliphatic heterocycles. The Morgan fingerprint density at radius 3 is 2.02 bits per heavy atom. The number of phenols is 1. The maximum Gasteiger partial charge on any atom is 0.165 e. The van der Waals surface area contributed by atoms with Crippen LogP contribution in [-0.2, 0) is 5.41 Å². The summed E-state index contributed by atoms with van der Waals surface area (Å²) in [7, 11) is 0. The van der Waals surface area contributed by atoms with Gasteiger partial charge in [-0.05, 0) is 113 Å². The van der Waals surface area contributed by atoms with E-state index in [0.717, 1.165) is 45.0 Å². The maximum atomic E-state index is 14.7.